The Morgan fingerprint density at radius 2 is 1.83 bits per heavy atom. The number of nitrogens with one attached hydrogen (secondary N) is 1. The monoisotopic (exact) mass is 173 g/mol. The van der Waals surface area contributed by atoms with Gasteiger partial charge in [-0.2, -0.15) is 0 Å². The van der Waals surface area contributed by atoms with Gasteiger partial charge in [-0.05, 0) is 20.8 Å². The highest BCUT2D eigenvalue weighted by molar-refractivity contribution is 5.77. The van der Waals surface area contributed by atoms with Crippen molar-refractivity contribution in [1.29, 1.82) is 0 Å². The number of carboxylic acid groups (broad SMARTS) is 1. The summed E-state index contributed by atoms with van der Waals surface area (Å²) in [6.45, 7) is 6.20. The van der Waals surface area contributed by atoms with Crippen LogP contribution in [-0.2, 0) is 9.59 Å². The maximum absolute atomic E-state index is 10.7. The highest BCUT2D eigenvalue weighted by Crippen LogP contribution is 2.20. The molecule has 12 heavy (non-hydrogen) atoms. The van der Waals surface area contributed by atoms with E-state index in [4.69, 9.17) is 5.11 Å². The van der Waals surface area contributed by atoms with Gasteiger partial charge < -0.3 is 10.4 Å². The maximum Gasteiger partial charge on any atom is 0.311 e. The van der Waals surface area contributed by atoms with Gasteiger partial charge in [0, 0.05) is 13.0 Å². The van der Waals surface area contributed by atoms with Crippen LogP contribution in [0.25, 0.3) is 0 Å². The van der Waals surface area contributed by atoms with Crippen LogP contribution in [0, 0.1) is 5.41 Å². The number of rotatable bonds is 3. The van der Waals surface area contributed by atoms with Crippen molar-refractivity contribution in [2.24, 2.45) is 5.41 Å². The lowest BCUT2D eigenvalue weighted by atomic mass is 9.85. The third-order valence-corrected chi connectivity index (χ3v) is 2.05. The van der Waals surface area contributed by atoms with Gasteiger partial charge >= 0.3 is 5.97 Å². The molecule has 0 unspecified atom stereocenters. The first-order chi connectivity index (χ1) is 5.28. The van der Waals surface area contributed by atoms with E-state index < -0.39 is 11.4 Å². The van der Waals surface area contributed by atoms with E-state index in [2.05, 4.69) is 5.32 Å². The molecule has 4 nitrogen and oxygen atoms in total. The SMILES string of the molecule is CC(=O)N[C@H](C)C(C)(C)C(=O)O. The minimum atomic E-state index is -0.925. The van der Waals surface area contributed by atoms with E-state index in [9.17, 15) is 9.59 Å². The van der Waals surface area contributed by atoms with Crippen molar-refractivity contribution in [3.63, 3.8) is 0 Å². The van der Waals surface area contributed by atoms with Crippen molar-refractivity contribution >= 4 is 11.9 Å². The van der Waals surface area contributed by atoms with Crippen molar-refractivity contribution in [1.82, 2.24) is 5.32 Å². The van der Waals surface area contributed by atoms with Gasteiger partial charge in [0.2, 0.25) is 5.91 Å². The van der Waals surface area contributed by atoms with Crippen LogP contribution in [0.1, 0.15) is 27.7 Å². The molecule has 0 radical (unpaired) electrons. The summed E-state index contributed by atoms with van der Waals surface area (Å²) in [6, 6.07) is -0.368. The van der Waals surface area contributed by atoms with E-state index in [0.29, 0.717) is 0 Å². The molecule has 0 aliphatic rings. The van der Waals surface area contributed by atoms with Crippen LogP contribution in [-0.4, -0.2) is 23.0 Å². The second-order valence-electron chi connectivity index (χ2n) is 3.45. The minimum absolute atomic E-state index is 0.211. The number of carbonyl (C=O) groups is 2. The summed E-state index contributed by atoms with van der Waals surface area (Å²) in [5.41, 5.74) is -0.925. The Kier molecular flexibility index (Phi) is 3.24. The van der Waals surface area contributed by atoms with Gasteiger partial charge in [0.1, 0.15) is 0 Å². The van der Waals surface area contributed by atoms with E-state index in [1.54, 1.807) is 20.8 Å². The largest absolute Gasteiger partial charge is 0.481 e. The summed E-state index contributed by atoms with van der Waals surface area (Å²) in [5.74, 6) is -1.12. The topological polar surface area (TPSA) is 66.4 Å². The van der Waals surface area contributed by atoms with Gasteiger partial charge in [0.25, 0.3) is 0 Å². The number of aliphatic carboxylic acids is 1. The molecule has 0 aromatic carbocycles. The van der Waals surface area contributed by atoms with E-state index in [1.165, 1.54) is 6.92 Å². The Bertz CT molecular complexity index is 198. The molecule has 0 aromatic rings. The molecule has 0 rings (SSSR count). The number of hydrogen-bond donors (Lipinski definition) is 2. The average molecular weight is 173 g/mol. The Balaban J connectivity index is 4.35. The zero-order valence-electron chi connectivity index (χ0n) is 7.84. The van der Waals surface area contributed by atoms with Gasteiger partial charge in [-0.25, -0.2) is 0 Å². The second kappa shape index (κ2) is 3.56. The molecule has 4 heteroatoms. The van der Waals surface area contributed by atoms with Crippen LogP contribution in [0.5, 0.6) is 0 Å². The number of amides is 1. The van der Waals surface area contributed by atoms with Crippen molar-refractivity contribution in [3.05, 3.63) is 0 Å². The molecule has 0 aromatic heterocycles. The Labute approximate surface area is 72.0 Å². The molecule has 1 atom stereocenters. The molecule has 0 spiro atoms. The van der Waals surface area contributed by atoms with Crippen LogP contribution in [0.15, 0.2) is 0 Å². The number of hydrogen-bond acceptors (Lipinski definition) is 2. The lowest BCUT2D eigenvalue weighted by molar-refractivity contribution is -0.148. The molecule has 0 saturated carbocycles. The number of carboxylic acids is 1. The van der Waals surface area contributed by atoms with E-state index >= 15 is 0 Å². The normalized spacial score (nSPS) is 13.7. The lowest BCUT2D eigenvalue weighted by Crippen LogP contribution is -2.46. The summed E-state index contributed by atoms with van der Waals surface area (Å²) in [5, 5.41) is 11.3. The highest BCUT2D eigenvalue weighted by Gasteiger charge is 2.34. The molecular weight excluding hydrogens is 158 g/mol. The summed E-state index contributed by atoms with van der Waals surface area (Å²) in [4.78, 5) is 21.3. The predicted octanol–water partition coefficient (Wildman–Crippen LogP) is 0.622. The molecule has 0 fully saturated rings. The van der Waals surface area contributed by atoms with Crippen molar-refractivity contribution in [2.75, 3.05) is 0 Å². The first kappa shape index (κ1) is 10.9. The predicted molar refractivity (Wildman–Crippen MR) is 44.7 cm³/mol. The Hall–Kier alpha value is -1.06. The quantitative estimate of drug-likeness (QED) is 0.657. The summed E-state index contributed by atoms with van der Waals surface area (Å²) in [7, 11) is 0. The summed E-state index contributed by atoms with van der Waals surface area (Å²) >= 11 is 0. The van der Waals surface area contributed by atoms with Gasteiger partial charge in [-0.1, -0.05) is 0 Å². The van der Waals surface area contributed by atoms with Gasteiger partial charge in [-0.3, -0.25) is 9.59 Å². The Morgan fingerprint density at radius 1 is 1.42 bits per heavy atom. The van der Waals surface area contributed by atoms with Gasteiger partial charge in [0.05, 0.1) is 5.41 Å². The van der Waals surface area contributed by atoms with Crippen LogP contribution in [0.3, 0.4) is 0 Å². The highest BCUT2D eigenvalue weighted by atomic mass is 16.4. The maximum atomic E-state index is 10.7. The van der Waals surface area contributed by atoms with E-state index in [-0.39, 0.29) is 11.9 Å². The number of carbonyl (C=O) groups excluding carboxylic acids is 1. The molecule has 70 valence electrons. The molecule has 2 N–H and O–H groups in total. The smallest absolute Gasteiger partial charge is 0.311 e. The minimum Gasteiger partial charge on any atom is -0.481 e. The third kappa shape index (κ3) is 2.53. The fourth-order valence-corrected chi connectivity index (χ4v) is 0.671. The molecule has 0 bridgehead atoms. The molecule has 0 saturated heterocycles. The zero-order chi connectivity index (χ0) is 9.94. The van der Waals surface area contributed by atoms with E-state index in [0.717, 1.165) is 0 Å². The Morgan fingerprint density at radius 3 is 2.08 bits per heavy atom. The third-order valence-electron chi connectivity index (χ3n) is 2.05. The van der Waals surface area contributed by atoms with Crippen LogP contribution < -0.4 is 5.32 Å². The van der Waals surface area contributed by atoms with Crippen LogP contribution in [0.4, 0.5) is 0 Å². The van der Waals surface area contributed by atoms with Crippen molar-refractivity contribution in [3.8, 4) is 0 Å². The molecule has 0 aliphatic heterocycles. The first-order valence-electron chi connectivity index (χ1n) is 3.79. The molecule has 0 aliphatic carbocycles. The van der Waals surface area contributed by atoms with Crippen molar-refractivity contribution < 1.29 is 14.7 Å². The molecular formula is C8H15NO3. The lowest BCUT2D eigenvalue weighted by Gasteiger charge is -2.27. The molecule has 0 heterocycles. The van der Waals surface area contributed by atoms with Gasteiger partial charge in [-0.15, -0.1) is 0 Å². The second-order valence-corrected chi connectivity index (χ2v) is 3.45. The summed E-state index contributed by atoms with van der Waals surface area (Å²) < 4.78 is 0. The zero-order valence-corrected chi connectivity index (χ0v) is 7.84. The van der Waals surface area contributed by atoms with Crippen molar-refractivity contribution in [2.45, 2.75) is 33.7 Å². The summed E-state index contributed by atoms with van der Waals surface area (Å²) in [6.07, 6.45) is 0. The fraction of sp³-hybridized carbons (Fsp3) is 0.750. The average Bonchev–Trinajstić information content (AvgIpc) is 1.85. The van der Waals surface area contributed by atoms with Crippen LogP contribution >= 0.6 is 0 Å². The molecule has 1 amide bonds. The van der Waals surface area contributed by atoms with Crippen LogP contribution in [0.2, 0.25) is 0 Å². The van der Waals surface area contributed by atoms with Gasteiger partial charge in [0.15, 0.2) is 0 Å². The van der Waals surface area contributed by atoms with E-state index in [1.807, 2.05) is 0 Å². The fourth-order valence-electron chi connectivity index (χ4n) is 0.671. The standard InChI is InChI=1S/C8H15NO3/c1-5(9-6(2)10)8(3,4)7(11)12/h5H,1-4H3,(H,9,10)(H,11,12)/t5-/m1/s1. The first-order valence-corrected chi connectivity index (χ1v) is 3.79.